The quantitative estimate of drug-likeness (QED) is 0.607. The molecule has 16 heavy (non-hydrogen) atoms. The fraction of sp³-hybridized carbons (Fsp3) is 0.100. The molecule has 1 aromatic carbocycles. The van der Waals surface area contributed by atoms with Crippen LogP contribution in [0.4, 0.5) is 4.39 Å². The van der Waals surface area contributed by atoms with Crippen molar-refractivity contribution in [2.75, 3.05) is 0 Å². The molecule has 0 aliphatic heterocycles. The molecule has 0 saturated heterocycles. The van der Waals surface area contributed by atoms with Gasteiger partial charge >= 0.3 is 5.97 Å². The van der Waals surface area contributed by atoms with Gasteiger partial charge in [-0.15, -0.1) is 5.10 Å². The summed E-state index contributed by atoms with van der Waals surface area (Å²) in [7, 11) is 0. The highest BCUT2D eigenvalue weighted by Gasteiger charge is 2.18. The number of para-hydroxylation sites is 1. The molecule has 0 aliphatic carbocycles. The molecule has 4 nitrogen and oxygen atoms in total. The van der Waals surface area contributed by atoms with E-state index in [0.717, 1.165) is 11.5 Å². The molecular formula is C10H7FN2O2S. The SMILES string of the molecule is O=C(Oc1ccccc1)c1snnc1CF. The second kappa shape index (κ2) is 4.80. The first kappa shape index (κ1) is 10.7. The summed E-state index contributed by atoms with van der Waals surface area (Å²) >= 11 is 0.826. The summed E-state index contributed by atoms with van der Waals surface area (Å²) in [4.78, 5) is 11.7. The van der Waals surface area contributed by atoms with Crippen LogP contribution in [0.25, 0.3) is 0 Å². The molecule has 82 valence electrons. The van der Waals surface area contributed by atoms with Crippen molar-refractivity contribution in [2.24, 2.45) is 0 Å². The third kappa shape index (κ3) is 2.22. The third-order valence-corrected chi connectivity index (χ3v) is 2.57. The Hall–Kier alpha value is -1.82. The first-order valence-electron chi connectivity index (χ1n) is 4.45. The normalized spacial score (nSPS) is 10.1. The molecule has 1 aromatic heterocycles. The number of hydrogen-bond donors (Lipinski definition) is 0. The van der Waals surface area contributed by atoms with Crippen LogP contribution in [0, 0.1) is 0 Å². The van der Waals surface area contributed by atoms with Crippen molar-refractivity contribution in [1.29, 1.82) is 0 Å². The Kier molecular flexibility index (Phi) is 3.21. The van der Waals surface area contributed by atoms with E-state index in [-0.39, 0.29) is 10.6 Å². The number of aromatic nitrogens is 2. The molecule has 1 heterocycles. The molecule has 0 atom stereocenters. The van der Waals surface area contributed by atoms with E-state index >= 15 is 0 Å². The first-order valence-corrected chi connectivity index (χ1v) is 5.23. The van der Waals surface area contributed by atoms with Gasteiger partial charge in [-0.05, 0) is 23.7 Å². The largest absolute Gasteiger partial charge is 0.422 e. The minimum Gasteiger partial charge on any atom is -0.422 e. The minimum absolute atomic E-state index is 0.0194. The highest BCUT2D eigenvalue weighted by Crippen LogP contribution is 2.16. The zero-order valence-corrected chi connectivity index (χ0v) is 8.91. The van der Waals surface area contributed by atoms with Crippen molar-refractivity contribution in [1.82, 2.24) is 9.59 Å². The molecule has 0 saturated carbocycles. The van der Waals surface area contributed by atoms with Gasteiger partial charge < -0.3 is 4.74 Å². The smallest absolute Gasteiger partial charge is 0.357 e. The topological polar surface area (TPSA) is 52.1 Å². The van der Waals surface area contributed by atoms with Crippen LogP contribution in [-0.4, -0.2) is 15.6 Å². The fourth-order valence-electron chi connectivity index (χ4n) is 1.09. The van der Waals surface area contributed by atoms with E-state index in [9.17, 15) is 9.18 Å². The van der Waals surface area contributed by atoms with Crippen LogP contribution in [0.2, 0.25) is 0 Å². The predicted molar refractivity (Wildman–Crippen MR) is 56.1 cm³/mol. The summed E-state index contributed by atoms with van der Waals surface area (Å²) in [5.74, 6) is -0.223. The fourth-order valence-corrected chi connectivity index (χ4v) is 1.63. The Bertz CT molecular complexity index is 487. The van der Waals surface area contributed by atoms with Crippen LogP contribution in [0.3, 0.4) is 0 Å². The summed E-state index contributed by atoms with van der Waals surface area (Å²) in [6, 6.07) is 8.56. The zero-order chi connectivity index (χ0) is 11.4. The molecule has 0 bridgehead atoms. The van der Waals surface area contributed by atoms with Gasteiger partial charge in [0.1, 0.15) is 18.1 Å². The number of carbonyl (C=O) groups is 1. The summed E-state index contributed by atoms with van der Waals surface area (Å²) < 4.78 is 20.9. The number of nitrogens with zero attached hydrogens (tertiary/aromatic N) is 2. The number of alkyl halides is 1. The maximum absolute atomic E-state index is 12.4. The standard InChI is InChI=1S/C10H7FN2O2S/c11-6-8-9(16-13-12-8)10(14)15-7-4-2-1-3-5-7/h1-5H,6H2. The van der Waals surface area contributed by atoms with Crippen molar-refractivity contribution in [3.63, 3.8) is 0 Å². The Morgan fingerprint density at radius 1 is 1.38 bits per heavy atom. The third-order valence-electron chi connectivity index (χ3n) is 1.82. The Morgan fingerprint density at radius 2 is 2.12 bits per heavy atom. The van der Waals surface area contributed by atoms with Crippen molar-refractivity contribution in [2.45, 2.75) is 6.67 Å². The van der Waals surface area contributed by atoms with Crippen LogP contribution >= 0.6 is 11.5 Å². The van der Waals surface area contributed by atoms with Crippen LogP contribution in [-0.2, 0) is 6.67 Å². The summed E-state index contributed by atoms with van der Waals surface area (Å²) in [6.07, 6.45) is 0. The number of esters is 1. The molecule has 2 rings (SSSR count). The number of carbonyl (C=O) groups excluding carboxylic acids is 1. The molecule has 0 aliphatic rings. The first-order chi connectivity index (χ1) is 7.81. The summed E-state index contributed by atoms with van der Waals surface area (Å²) in [5.41, 5.74) is 0.0194. The van der Waals surface area contributed by atoms with Crippen molar-refractivity contribution in [3.05, 3.63) is 40.9 Å². The van der Waals surface area contributed by atoms with Crippen LogP contribution < -0.4 is 4.74 Å². The van der Waals surface area contributed by atoms with E-state index in [1.54, 1.807) is 30.3 Å². The summed E-state index contributed by atoms with van der Waals surface area (Å²) in [6.45, 7) is -0.824. The Labute approximate surface area is 94.8 Å². The number of halogens is 1. The second-order valence-electron chi connectivity index (χ2n) is 2.88. The van der Waals surface area contributed by atoms with Crippen molar-refractivity contribution >= 4 is 17.5 Å². The van der Waals surface area contributed by atoms with Gasteiger partial charge in [0.2, 0.25) is 0 Å². The molecule has 0 unspecified atom stereocenters. The second-order valence-corrected chi connectivity index (χ2v) is 3.64. The number of ether oxygens (including phenoxy) is 1. The van der Waals surface area contributed by atoms with Gasteiger partial charge in [0.15, 0.2) is 4.88 Å². The van der Waals surface area contributed by atoms with Crippen LogP contribution in [0.15, 0.2) is 30.3 Å². The van der Waals surface area contributed by atoms with E-state index in [1.807, 2.05) is 0 Å². The highest BCUT2D eigenvalue weighted by molar-refractivity contribution is 7.07. The van der Waals surface area contributed by atoms with Gasteiger partial charge in [-0.1, -0.05) is 22.7 Å². The van der Waals surface area contributed by atoms with E-state index in [4.69, 9.17) is 4.74 Å². The van der Waals surface area contributed by atoms with Crippen LogP contribution in [0.1, 0.15) is 15.4 Å². The van der Waals surface area contributed by atoms with Gasteiger partial charge in [0.25, 0.3) is 0 Å². The lowest BCUT2D eigenvalue weighted by Gasteiger charge is -2.01. The van der Waals surface area contributed by atoms with Gasteiger partial charge in [-0.3, -0.25) is 0 Å². The molecule has 0 spiro atoms. The molecule has 6 heteroatoms. The maximum atomic E-state index is 12.4. The monoisotopic (exact) mass is 238 g/mol. The highest BCUT2D eigenvalue weighted by atomic mass is 32.1. The molecule has 0 radical (unpaired) electrons. The minimum atomic E-state index is -0.824. The number of rotatable bonds is 3. The lowest BCUT2D eigenvalue weighted by atomic mass is 10.3. The molecule has 0 fully saturated rings. The van der Waals surface area contributed by atoms with Gasteiger partial charge in [0.05, 0.1) is 0 Å². The van der Waals surface area contributed by atoms with E-state index in [2.05, 4.69) is 9.59 Å². The van der Waals surface area contributed by atoms with Gasteiger partial charge in [-0.2, -0.15) is 0 Å². The molecular weight excluding hydrogens is 231 g/mol. The van der Waals surface area contributed by atoms with Gasteiger partial charge in [-0.25, -0.2) is 9.18 Å². The predicted octanol–water partition coefficient (Wildman–Crippen LogP) is 2.23. The number of hydrogen-bond acceptors (Lipinski definition) is 5. The molecule has 0 N–H and O–H groups in total. The average molecular weight is 238 g/mol. The zero-order valence-electron chi connectivity index (χ0n) is 8.09. The van der Waals surface area contributed by atoms with Crippen molar-refractivity contribution in [3.8, 4) is 5.75 Å². The average Bonchev–Trinajstić information content (AvgIpc) is 2.78. The molecule has 0 amide bonds. The Morgan fingerprint density at radius 3 is 2.81 bits per heavy atom. The van der Waals surface area contributed by atoms with E-state index in [0.29, 0.717) is 5.75 Å². The number of benzene rings is 1. The lowest BCUT2D eigenvalue weighted by Crippen LogP contribution is -2.08. The van der Waals surface area contributed by atoms with Gasteiger partial charge in [0, 0.05) is 0 Å². The van der Waals surface area contributed by atoms with Crippen molar-refractivity contribution < 1.29 is 13.9 Å². The van der Waals surface area contributed by atoms with E-state index in [1.165, 1.54) is 0 Å². The summed E-state index contributed by atoms with van der Waals surface area (Å²) in [5, 5.41) is 3.49. The van der Waals surface area contributed by atoms with Crippen LogP contribution in [0.5, 0.6) is 5.75 Å². The molecule has 2 aromatic rings. The Balaban J connectivity index is 2.15. The van der Waals surface area contributed by atoms with E-state index < -0.39 is 12.6 Å². The lowest BCUT2D eigenvalue weighted by molar-refractivity contribution is 0.0737. The maximum Gasteiger partial charge on any atom is 0.357 e.